The van der Waals surface area contributed by atoms with Gasteiger partial charge in [0.2, 0.25) is 0 Å². The number of hydrogen-bond donors (Lipinski definition) is 1. The van der Waals surface area contributed by atoms with Crippen LogP contribution in [0.3, 0.4) is 0 Å². The Morgan fingerprint density at radius 3 is 2.50 bits per heavy atom. The first-order chi connectivity index (χ1) is 6.90. The molecule has 1 aromatic heterocycles. The van der Waals surface area contributed by atoms with Crippen molar-refractivity contribution in [2.24, 2.45) is 0 Å². The number of H-pyrrole nitrogens is 1. The van der Waals surface area contributed by atoms with Gasteiger partial charge in [0.25, 0.3) is 0 Å². The summed E-state index contributed by atoms with van der Waals surface area (Å²) in [7, 11) is 0. The zero-order valence-electron chi connectivity index (χ0n) is 8.46. The molecule has 0 atom stereocenters. The molecule has 1 nitrogen and oxygen atoms in total. The fourth-order valence-corrected chi connectivity index (χ4v) is 1.64. The first-order valence-corrected chi connectivity index (χ1v) is 5.13. The van der Waals surface area contributed by atoms with Crippen molar-refractivity contribution in [1.82, 2.24) is 4.98 Å². The Hall–Kier alpha value is -1.50. The second-order valence-electron chi connectivity index (χ2n) is 3.51. The first kappa shape index (κ1) is 9.07. The zero-order chi connectivity index (χ0) is 9.80. The molecule has 2 rings (SSSR count). The van der Waals surface area contributed by atoms with Gasteiger partial charge in [-0.3, -0.25) is 0 Å². The highest BCUT2D eigenvalue weighted by atomic mass is 14.7. The first-order valence-electron chi connectivity index (χ1n) is 5.13. The molecule has 0 aliphatic heterocycles. The number of rotatable bonds is 3. The van der Waals surface area contributed by atoms with Crippen LogP contribution < -0.4 is 0 Å². The maximum Gasteiger partial charge on any atom is 0.0456 e. The third-order valence-corrected chi connectivity index (χ3v) is 2.35. The summed E-state index contributed by atoms with van der Waals surface area (Å²) in [5, 5.41) is 0. The molecule has 0 aliphatic rings. The fourth-order valence-electron chi connectivity index (χ4n) is 1.64. The Labute approximate surface area is 84.8 Å². The molecule has 0 spiro atoms. The molecular formula is C13H15N. The van der Waals surface area contributed by atoms with E-state index in [2.05, 4.69) is 48.3 Å². The van der Waals surface area contributed by atoms with Gasteiger partial charge >= 0.3 is 0 Å². The summed E-state index contributed by atoms with van der Waals surface area (Å²) in [6, 6.07) is 14.8. The molecule has 2 aromatic rings. The summed E-state index contributed by atoms with van der Waals surface area (Å²) in [5.41, 5.74) is 3.80. The summed E-state index contributed by atoms with van der Waals surface area (Å²) in [6.45, 7) is 2.20. The summed E-state index contributed by atoms with van der Waals surface area (Å²) in [6.07, 6.45) is 2.32. The van der Waals surface area contributed by atoms with E-state index >= 15 is 0 Å². The van der Waals surface area contributed by atoms with Crippen molar-refractivity contribution in [3.8, 4) is 11.3 Å². The summed E-state index contributed by atoms with van der Waals surface area (Å²) >= 11 is 0. The Kier molecular flexibility index (Phi) is 2.68. The van der Waals surface area contributed by atoms with Crippen LogP contribution in [0.4, 0.5) is 0 Å². The van der Waals surface area contributed by atoms with E-state index in [4.69, 9.17) is 0 Å². The van der Waals surface area contributed by atoms with E-state index in [-0.39, 0.29) is 0 Å². The molecule has 0 unspecified atom stereocenters. The van der Waals surface area contributed by atoms with Crippen molar-refractivity contribution >= 4 is 0 Å². The van der Waals surface area contributed by atoms with Crippen LogP contribution in [-0.4, -0.2) is 4.98 Å². The van der Waals surface area contributed by atoms with E-state index in [1.54, 1.807) is 0 Å². The fraction of sp³-hybridized carbons (Fsp3) is 0.231. The molecule has 14 heavy (non-hydrogen) atoms. The molecule has 0 aliphatic carbocycles. The number of hydrogen-bond acceptors (Lipinski definition) is 0. The van der Waals surface area contributed by atoms with E-state index in [0.29, 0.717) is 0 Å². The molecular weight excluding hydrogens is 170 g/mol. The van der Waals surface area contributed by atoms with Gasteiger partial charge in [-0.1, -0.05) is 43.7 Å². The lowest BCUT2D eigenvalue weighted by Crippen LogP contribution is -1.82. The van der Waals surface area contributed by atoms with Gasteiger partial charge in [0.1, 0.15) is 0 Å². The SMILES string of the molecule is CCCc1ccc(-c2ccccc2)[nH]1. The van der Waals surface area contributed by atoms with Crippen LogP contribution in [0.15, 0.2) is 42.5 Å². The van der Waals surface area contributed by atoms with Gasteiger partial charge in [-0.05, 0) is 24.1 Å². The number of nitrogens with one attached hydrogen (secondary N) is 1. The van der Waals surface area contributed by atoms with Crippen LogP contribution in [0.1, 0.15) is 19.0 Å². The lowest BCUT2D eigenvalue weighted by Gasteiger charge is -1.97. The van der Waals surface area contributed by atoms with Gasteiger partial charge in [-0.15, -0.1) is 0 Å². The van der Waals surface area contributed by atoms with Crippen molar-refractivity contribution in [3.05, 3.63) is 48.2 Å². The molecule has 0 fully saturated rings. The zero-order valence-corrected chi connectivity index (χ0v) is 8.46. The number of aryl methyl sites for hydroxylation is 1. The minimum absolute atomic E-state index is 1.13. The van der Waals surface area contributed by atoms with Crippen LogP contribution >= 0.6 is 0 Å². The Morgan fingerprint density at radius 2 is 1.79 bits per heavy atom. The van der Waals surface area contributed by atoms with Crippen molar-refractivity contribution in [3.63, 3.8) is 0 Å². The normalized spacial score (nSPS) is 10.4. The number of benzene rings is 1. The molecule has 0 bridgehead atoms. The van der Waals surface area contributed by atoms with Crippen LogP contribution in [0, 0.1) is 0 Å². The Bertz CT molecular complexity index is 387. The highest BCUT2D eigenvalue weighted by Crippen LogP contribution is 2.18. The third kappa shape index (κ3) is 1.87. The topological polar surface area (TPSA) is 15.8 Å². The van der Waals surface area contributed by atoms with Crippen molar-refractivity contribution in [2.75, 3.05) is 0 Å². The molecule has 1 heterocycles. The van der Waals surface area contributed by atoms with Crippen molar-refractivity contribution < 1.29 is 0 Å². The highest BCUT2D eigenvalue weighted by molar-refractivity contribution is 5.59. The minimum Gasteiger partial charge on any atom is -0.358 e. The summed E-state index contributed by atoms with van der Waals surface area (Å²) < 4.78 is 0. The van der Waals surface area contributed by atoms with Crippen LogP contribution in [0.5, 0.6) is 0 Å². The smallest absolute Gasteiger partial charge is 0.0456 e. The molecule has 72 valence electrons. The Balaban J connectivity index is 2.25. The lowest BCUT2D eigenvalue weighted by molar-refractivity contribution is 0.893. The van der Waals surface area contributed by atoms with Gasteiger partial charge in [-0.25, -0.2) is 0 Å². The average molecular weight is 185 g/mol. The maximum absolute atomic E-state index is 3.43. The van der Waals surface area contributed by atoms with Crippen LogP contribution in [0.25, 0.3) is 11.3 Å². The van der Waals surface area contributed by atoms with Crippen LogP contribution in [-0.2, 0) is 6.42 Å². The second-order valence-corrected chi connectivity index (χ2v) is 3.51. The maximum atomic E-state index is 3.43. The van der Waals surface area contributed by atoms with Gasteiger partial charge < -0.3 is 4.98 Å². The summed E-state index contributed by atoms with van der Waals surface area (Å²) in [4.78, 5) is 3.43. The molecule has 0 amide bonds. The third-order valence-electron chi connectivity index (χ3n) is 2.35. The molecule has 0 radical (unpaired) electrons. The predicted molar refractivity (Wildman–Crippen MR) is 60.2 cm³/mol. The number of aromatic nitrogens is 1. The quantitative estimate of drug-likeness (QED) is 0.751. The predicted octanol–water partition coefficient (Wildman–Crippen LogP) is 3.63. The number of aromatic amines is 1. The molecule has 1 N–H and O–H groups in total. The minimum atomic E-state index is 1.13. The lowest BCUT2D eigenvalue weighted by atomic mass is 10.2. The van der Waals surface area contributed by atoms with Gasteiger partial charge in [0.05, 0.1) is 0 Å². The van der Waals surface area contributed by atoms with E-state index in [1.165, 1.54) is 23.4 Å². The molecule has 1 heteroatoms. The van der Waals surface area contributed by atoms with E-state index < -0.39 is 0 Å². The highest BCUT2D eigenvalue weighted by Gasteiger charge is 1.99. The summed E-state index contributed by atoms with van der Waals surface area (Å²) in [5.74, 6) is 0. The van der Waals surface area contributed by atoms with Crippen molar-refractivity contribution in [1.29, 1.82) is 0 Å². The van der Waals surface area contributed by atoms with Gasteiger partial charge in [0.15, 0.2) is 0 Å². The standard InChI is InChI=1S/C13H15N/c1-2-6-12-9-10-13(14-12)11-7-4-3-5-8-11/h3-5,7-10,14H,2,6H2,1H3. The molecule has 0 saturated carbocycles. The van der Waals surface area contributed by atoms with Crippen LogP contribution in [0.2, 0.25) is 0 Å². The average Bonchev–Trinajstić information content (AvgIpc) is 2.68. The van der Waals surface area contributed by atoms with Gasteiger partial charge in [-0.2, -0.15) is 0 Å². The van der Waals surface area contributed by atoms with E-state index in [0.717, 1.165) is 6.42 Å². The van der Waals surface area contributed by atoms with E-state index in [9.17, 15) is 0 Å². The van der Waals surface area contributed by atoms with Crippen molar-refractivity contribution in [2.45, 2.75) is 19.8 Å². The van der Waals surface area contributed by atoms with Gasteiger partial charge in [0, 0.05) is 11.4 Å². The monoisotopic (exact) mass is 185 g/mol. The second kappa shape index (κ2) is 4.14. The Morgan fingerprint density at radius 1 is 1.00 bits per heavy atom. The molecule has 0 saturated heterocycles. The largest absolute Gasteiger partial charge is 0.358 e. The van der Waals surface area contributed by atoms with E-state index in [1.807, 2.05) is 6.07 Å². The molecule has 1 aromatic carbocycles.